The van der Waals surface area contributed by atoms with Crippen LogP contribution in [0.1, 0.15) is 36.4 Å². The topological polar surface area (TPSA) is 114 Å². The summed E-state index contributed by atoms with van der Waals surface area (Å²) in [6, 6.07) is 3.17. The van der Waals surface area contributed by atoms with E-state index < -0.39 is 11.9 Å². The lowest BCUT2D eigenvalue weighted by Crippen LogP contribution is -2.43. The number of hydrogen-bond donors (Lipinski definition) is 3. The van der Waals surface area contributed by atoms with E-state index in [9.17, 15) is 9.90 Å². The Morgan fingerprint density at radius 2 is 2.03 bits per heavy atom. The van der Waals surface area contributed by atoms with E-state index in [0.717, 1.165) is 29.9 Å². The van der Waals surface area contributed by atoms with Gasteiger partial charge >= 0.3 is 6.09 Å². The molecule has 2 fully saturated rings. The van der Waals surface area contributed by atoms with Crippen LogP contribution >= 0.6 is 0 Å². The van der Waals surface area contributed by atoms with Crippen LogP contribution in [0, 0.1) is 18.7 Å². The summed E-state index contributed by atoms with van der Waals surface area (Å²) in [5.74, 6) is 0.922. The van der Waals surface area contributed by atoms with Crippen LogP contribution in [0.25, 0.3) is 21.9 Å². The van der Waals surface area contributed by atoms with E-state index >= 15 is 4.39 Å². The lowest BCUT2D eigenvalue weighted by atomic mass is 9.94. The normalized spacial score (nSPS) is 21.5. The first kappa shape index (κ1) is 21.1. The number of pyridine rings is 2. The first-order valence-corrected chi connectivity index (χ1v) is 11.7. The maximum absolute atomic E-state index is 15.5. The van der Waals surface area contributed by atoms with Gasteiger partial charge in [-0.2, -0.15) is 0 Å². The number of ether oxygens (including phenoxy) is 1. The molecule has 0 bridgehead atoms. The highest BCUT2D eigenvalue weighted by Gasteiger charge is 2.44. The van der Waals surface area contributed by atoms with Gasteiger partial charge in [0.05, 0.1) is 17.1 Å². The molecule has 0 spiro atoms. The molecule has 9 heteroatoms. The minimum atomic E-state index is -1.08. The van der Waals surface area contributed by atoms with Gasteiger partial charge in [0.1, 0.15) is 5.82 Å². The van der Waals surface area contributed by atoms with Gasteiger partial charge in [-0.05, 0) is 55.2 Å². The highest BCUT2D eigenvalue weighted by atomic mass is 19.1. The zero-order valence-corrected chi connectivity index (χ0v) is 18.8. The minimum absolute atomic E-state index is 0.00757. The molecular weight excluding hydrogens is 437 g/mol. The first-order chi connectivity index (χ1) is 16.4. The predicted octanol–water partition coefficient (Wildman–Crippen LogP) is 4.52. The van der Waals surface area contributed by atoms with Crippen LogP contribution in [0.3, 0.4) is 0 Å². The molecule has 1 aliphatic carbocycles. The van der Waals surface area contributed by atoms with Gasteiger partial charge in [0.15, 0.2) is 5.82 Å². The number of amides is 1. The number of carbonyl (C=O) groups is 1. The smallest absolute Gasteiger partial charge is 0.413 e. The van der Waals surface area contributed by atoms with E-state index in [2.05, 4.69) is 15.3 Å². The molecule has 2 atom stereocenters. The van der Waals surface area contributed by atoms with Crippen molar-refractivity contribution in [3.8, 4) is 11.1 Å². The van der Waals surface area contributed by atoms with Crippen LogP contribution in [0.15, 0.2) is 24.5 Å². The molecular formula is C25H26FN5O3. The molecule has 8 nitrogen and oxygen atoms in total. The zero-order chi connectivity index (χ0) is 23.6. The van der Waals surface area contributed by atoms with Crippen molar-refractivity contribution >= 4 is 34.1 Å². The SMILES string of the molecule is Cc1c(-c2cc3cc(N(C(=O)O)C4CCOCC4)ncc3c(N)c2F)cnc2c1NCC1CC21. The number of benzene rings is 1. The Balaban J connectivity index is 1.46. The molecule has 2 aliphatic heterocycles. The summed E-state index contributed by atoms with van der Waals surface area (Å²) in [6.07, 6.45) is 4.44. The van der Waals surface area contributed by atoms with Gasteiger partial charge in [-0.1, -0.05) is 0 Å². The van der Waals surface area contributed by atoms with Gasteiger partial charge in [0.2, 0.25) is 0 Å². The largest absolute Gasteiger partial charge is 0.465 e. The number of nitrogen functional groups attached to an aromatic ring is 1. The van der Waals surface area contributed by atoms with Gasteiger partial charge in [0, 0.05) is 60.6 Å². The first-order valence-electron chi connectivity index (χ1n) is 11.7. The number of aromatic nitrogens is 2. The Bertz CT molecular complexity index is 1320. The molecule has 176 valence electrons. The lowest BCUT2D eigenvalue weighted by molar-refractivity contribution is 0.0836. The summed E-state index contributed by atoms with van der Waals surface area (Å²) in [5, 5.41) is 14.4. The summed E-state index contributed by atoms with van der Waals surface area (Å²) >= 11 is 0. The van der Waals surface area contributed by atoms with E-state index in [1.807, 2.05) is 6.92 Å². The van der Waals surface area contributed by atoms with Crippen LogP contribution in [0.4, 0.5) is 26.4 Å². The summed E-state index contributed by atoms with van der Waals surface area (Å²) in [6.45, 7) is 3.90. The third-order valence-electron chi connectivity index (χ3n) is 7.47. The number of fused-ring (bicyclic) bond motifs is 4. The Hall–Kier alpha value is -3.46. The predicted molar refractivity (Wildman–Crippen MR) is 128 cm³/mol. The van der Waals surface area contributed by atoms with Crippen molar-refractivity contribution in [1.29, 1.82) is 0 Å². The van der Waals surface area contributed by atoms with Gasteiger partial charge < -0.3 is 20.9 Å². The fourth-order valence-corrected chi connectivity index (χ4v) is 5.44. The van der Waals surface area contributed by atoms with E-state index in [1.54, 1.807) is 18.3 Å². The van der Waals surface area contributed by atoms with Crippen molar-refractivity contribution in [3.05, 3.63) is 41.6 Å². The van der Waals surface area contributed by atoms with Crippen molar-refractivity contribution < 1.29 is 19.0 Å². The second-order valence-electron chi connectivity index (χ2n) is 9.45. The molecule has 34 heavy (non-hydrogen) atoms. The fourth-order valence-electron chi connectivity index (χ4n) is 5.44. The Kier molecular flexibility index (Phi) is 4.84. The number of carboxylic acid groups (broad SMARTS) is 1. The van der Waals surface area contributed by atoms with Crippen LogP contribution in [-0.2, 0) is 4.74 Å². The summed E-state index contributed by atoms with van der Waals surface area (Å²) in [4.78, 5) is 22.4. The van der Waals surface area contributed by atoms with Crippen molar-refractivity contribution in [2.45, 2.75) is 38.1 Å². The van der Waals surface area contributed by atoms with Gasteiger partial charge in [-0.15, -0.1) is 0 Å². The van der Waals surface area contributed by atoms with Crippen molar-refractivity contribution in [2.75, 3.05) is 35.7 Å². The van der Waals surface area contributed by atoms with E-state index in [4.69, 9.17) is 10.5 Å². The maximum atomic E-state index is 15.5. The molecule has 3 aliphatic rings. The maximum Gasteiger partial charge on any atom is 0.413 e. The Morgan fingerprint density at radius 1 is 1.24 bits per heavy atom. The summed E-state index contributed by atoms with van der Waals surface area (Å²) in [5.41, 5.74) is 10.2. The number of halogens is 1. The van der Waals surface area contributed by atoms with E-state index in [0.29, 0.717) is 65.6 Å². The Labute approximate surface area is 195 Å². The third-order valence-corrected chi connectivity index (χ3v) is 7.47. The molecule has 4 heterocycles. The average molecular weight is 464 g/mol. The quantitative estimate of drug-likeness (QED) is 0.490. The van der Waals surface area contributed by atoms with Crippen LogP contribution in [0.2, 0.25) is 0 Å². The number of nitrogens with one attached hydrogen (secondary N) is 1. The number of nitrogens with zero attached hydrogens (tertiary/aromatic N) is 3. The molecule has 2 aromatic heterocycles. The van der Waals surface area contributed by atoms with Crippen LogP contribution in [0.5, 0.6) is 0 Å². The summed E-state index contributed by atoms with van der Waals surface area (Å²) in [7, 11) is 0. The van der Waals surface area contributed by atoms with Crippen molar-refractivity contribution in [3.63, 3.8) is 0 Å². The molecule has 2 unspecified atom stereocenters. The number of anilines is 3. The highest BCUT2D eigenvalue weighted by Crippen LogP contribution is 2.53. The molecule has 0 radical (unpaired) electrons. The lowest BCUT2D eigenvalue weighted by Gasteiger charge is -2.31. The summed E-state index contributed by atoms with van der Waals surface area (Å²) < 4.78 is 20.9. The van der Waals surface area contributed by atoms with Gasteiger partial charge in [-0.25, -0.2) is 14.2 Å². The van der Waals surface area contributed by atoms with Crippen LogP contribution < -0.4 is 16.0 Å². The molecule has 1 aromatic carbocycles. The van der Waals surface area contributed by atoms with E-state index in [-0.39, 0.29) is 11.7 Å². The van der Waals surface area contributed by atoms with Crippen LogP contribution in [-0.4, -0.2) is 47.0 Å². The second-order valence-corrected chi connectivity index (χ2v) is 9.45. The molecule has 4 N–H and O–H groups in total. The van der Waals surface area contributed by atoms with E-state index in [1.165, 1.54) is 11.1 Å². The fraction of sp³-hybridized carbons (Fsp3) is 0.400. The number of hydrogen-bond acceptors (Lipinski definition) is 6. The molecule has 1 saturated carbocycles. The highest BCUT2D eigenvalue weighted by molar-refractivity contribution is 5.99. The number of rotatable bonds is 3. The monoisotopic (exact) mass is 463 g/mol. The van der Waals surface area contributed by atoms with Gasteiger partial charge in [-0.3, -0.25) is 9.88 Å². The number of nitrogens with two attached hydrogens (primary N) is 1. The standard InChI is InChI=1S/C25H26FN5O3/c1-12-18(10-30-24-16-7-14(16)9-29-23(12)24)17-6-13-8-20(28-11-19(13)22(27)21(17)26)31(25(32)33)15-2-4-34-5-3-15/h6,8,10-11,14-16,29H,2-5,7,9,27H2,1H3,(H,32,33). The molecule has 6 rings (SSSR count). The Morgan fingerprint density at radius 3 is 2.79 bits per heavy atom. The van der Waals surface area contributed by atoms with Gasteiger partial charge in [0.25, 0.3) is 0 Å². The van der Waals surface area contributed by atoms with Crippen molar-refractivity contribution in [1.82, 2.24) is 9.97 Å². The minimum Gasteiger partial charge on any atom is -0.465 e. The van der Waals surface area contributed by atoms with Crippen molar-refractivity contribution in [2.24, 2.45) is 5.92 Å². The molecule has 1 amide bonds. The second kappa shape index (κ2) is 7.80. The average Bonchev–Trinajstić information content (AvgIpc) is 3.63. The zero-order valence-electron chi connectivity index (χ0n) is 18.8. The molecule has 1 saturated heterocycles. The molecule has 3 aromatic rings. The third kappa shape index (κ3) is 3.26.